The number of aromatic nitrogens is 4. The van der Waals surface area contributed by atoms with E-state index in [2.05, 4.69) is 19.9 Å². The molecular formula is C12H20N8S2. The summed E-state index contributed by atoms with van der Waals surface area (Å²) in [6.45, 7) is 0. The van der Waals surface area contributed by atoms with Gasteiger partial charge in [-0.25, -0.2) is 9.97 Å². The molecule has 8 nitrogen and oxygen atoms in total. The second-order valence-electron chi connectivity index (χ2n) is 4.08. The van der Waals surface area contributed by atoms with Gasteiger partial charge in [-0.1, -0.05) is 23.5 Å². The SMILES string of the molecule is N=C(N)SCCc1cnc[nH]1.N=C(N)SCCc1cnc[nH]1. The van der Waals surface area contributed by atoms with Crippen molar-refractivity contribution in [1.29, 1.82) is 10.8 Å². The number of nitrogens with two attached hydrogens (primary N) is 2. The van der Waals surface area contributed by atoms with Gasteiger partial charge in [0.2, 0.25) is 0 Å². The fraction of sp³-hybridized carbons (Fsp3) is 0.333. The largest absolute Gasteiger partial charge is 0.379 e. The van der Waals surface area contributed by atoms with Gasteiger partial charge < -0.3 is 21.4 Å². The summed E-state index contributed by atoms with van der Waals surface area (Å²) in [5.74, 6) is 1.66. The number of hydrogen-bond donors (Lipinski definition) is 6. The monoisotopic (exact) mass is 340 g/mol. The van der Waals surface area contributed by atoms with Gasteiger partial charge in [0, 0.05) is 35.3 Å². The summed E-state index contributed by atoms with van der Waals surface area (Å²) in [4.78, 5) is 13.7. The van der Waals surface area contributed by atoms with E-state index in [1.807, 2.05) is 0 Å². The summed E-state index contributed by atoms with van der Waals surface area (Å²) in [6, 6.07) is 0. The molecule has 0 saturated carbocycles. The number of imidazole rings is 2. The van der Waals surface area contributed by atoms with Gasteiger partial charge in [0.25, 0.3) is 0 Å². The molecule has 2 aromatic heterocycles. The molecule has 0 unspecified atom stereocenters. The van der Waals surface area contributed by atoms with Crippen molar-refractivity contribution in [2.75, 3.05) is 11.5 Å². The number of thioether (sulfide) groups is 2. The molecule has 2 aromatic rings. The van der Waals surface area contributed by atoms with Crippen LogP contribution >= 0.6 is 23.5 Å². The maximum absolute atomic E-state index is 6.94. The molecule has 0 amide bonds. The molecular weight excluding hydrogens is 320 g/mol. The van der Waals surface area contributed by atoms with Crippen molar-refractivity contribution < 1.29 is 0 Å². The van der Waals surface area contributed by atoms with E-state index in [9.17, 15) is 0 Å². The highest BCUT2D eigenvalue weighted by Gasteiger charge is 1.95. The second kappa shape index (κ2) is 10.7. The van der Waals surface area contributed by atoms with Crippen LogP contribution in [0.4, 0.5) is 0 Å². The predicted molar refractivity (Wildman–Crippen MR) is 93.3 cm³/mol. The Balaban J connectivity index is 0.000000220. The Labute approximate surface area is 137 Å². The minimum Gasteiger partial charge on any atom is -0.379 e. The van der Waals surface area contributed by atoms with Crippen molar-refractivity contribution in [2.45, 2.75) is 12.8 Å². The number of H-pyrrole nitrogens is 2. The molecule has 0 radical (unpaired) electrons. The van der Waals surface area contributed by atoms with Gasteiger partial charge in [-0.3, -0.25) is 10.8 Å². The van der Waals surface area contributed by atoms with Crippen LogP contribution in [0.5, 0.6) is 0 Å². The number of rotatable bonds is 6. The van der Waals surface area contributed by atoms with E-state index in [4.69, 9.17) is 22.3 Å². The van der Waals surface area contributed by atoms with Crippen molar-refractivity contribution in [3.05, 3.63) is 36.4 Å². The number of aromatic amines is 2. The third-order valence-corrected chi connectivity index (χ3v) is 3.81. The summed E-state index contributed by atoms with van der Waals surface area (Å²) >= 11 is 2.69. The zero-order valence-corrected chi connectivity index (χ0v) is 13.6. The first-order valence-corrected chi connectivity index (χ1v) is 8.43. The van der Waals surface area contributed by atoms with Crippen molar-refractivity contribution in [3.8, 4) is 0 Å². The van der Waals surface area contributed by atoms with Crippen LogP contribution in [0.2, 0.25) is 0 Å². The Morgan fingerprint density at radius 1 is 0.909 bits per heavy atom. The Bertz CT molecular complexity index is 487. The minimum absolute atomic E-state index is 0.171. The molecule has 0 saturated heterocycles. The van der Waals surface area contributed by atoms with Gasteiger partial charge in [0.05, 0.1) is 12.7 Å². The molecule has 0 spiro atoms. The molecule has 120 valence electrons. The lowest BCUT2D eigenvalue weighted by atomic mass is 10.4. The first-order chi connectivity index (χ1) is 10.6. The van der Waals surface area contributed by atoms with Gasteiger partial charge in [-0.2, -0.15) is 0 Å². The molecule has 2 rings (SSSR count). The Morgan fingerprint density at radius 2 is 1.32 bits per heavy atom. The maximum Gasteiger partial charge on any atom is 0.151 e. The van der Waals surface area contributed by atoms with E-state index < -0.39 is 0 Å². The van der Waals surface area contributed by atoms with Crippen LogP contribution in [0, 0.1) is 10.8 Å². The topological polar surface area (TPSA) is 157 Å². The second-order valence-corrected chi connectivity index (χ2v) is 6.35. The standard InChI is InChI=1S/2C6H10N4S/c2*7-6(8)11-2-1-5-3-9-4-10-5/h2*3-4H,1-2H2,(H3,7,8)(H,9,10). The van der Waals surface area contributed by atoms with Crippen LogP contribution in [0.25, 0.3) is 0 Å². The van der Waals surface area contributed by atoms with E-state index in [0.29, 0.717) is 0 Å². The predicted octanol–water partition coefficient (Wildman–Crippen LogP) is 1.16. The zero-order valence-electron chi connectivity index (χ0n) is 12.0. The summed E-state index contributed by atoms with van der Waals surface area (Å²) in [6.07, 6.45) is 8.61. The Kier molecular flexibility index (Phi) is 8.84. The Morgan fingerprint density at radius 3 is 1.59 bits per heavy atom. The lowest BCUT2D eigenvalue weighted by molar-refractivity contribution is 1.08. The van der Waals surface area contributed by atoms with Crippen LogP contribution in [0.15, 0.2) is 25.0 Å². The molecule has 22 heavy (non-hydrogen) atoms. The summed E-state index contributed by atoms with van der Waals surface area (Å²) in [7, 11) is 0. The number of amidine groups is 2. The van der Waals surface area contributed by atoms with Gasteiger partial charge in [0.1, 0.15) is 0 Å². The fourth-order valence-electron chi connectivity index (χ4n) is 1.38. The van der Waals surface area contributed by atoms with Gasteiger partial charge in [0.15, 0.2) is 10.3 Å². The van der Waals surface area contributed by atoms with Gasteiger partial charge in [-0.05, 0) is 12.8 Å². The Hall–Kier alpha value is -1.94. The first-order valence-electron chi connectivity index (χ1n) is 6.46. The number of nitrogens with one attached hydrogen (secondary N) is 4. The average Bonchev–Trinajstić information content (AvgIpc) is 3.11. The van der Waals surface area contributed by atoms with Gasteiger partial charge >= 0.3 is 0 Å². The molecule has 2 heterocycles. The normalized spacial score (nSPS) is 9.82. The highest BCUT2D eigenvalue weighted by molar-refractivity contribution is 8.13. The molecule has 0 aromatic carbocycles. The fourth-order valence-corrected chi connectivity index (χ4v) is 2.47. The maximum atomic E-state index is 6.94. The number of nitrogens with zero attached hydrogens (tertiary/aromatic N) is 2. The molecule has 0 aliphatic carbocycles. The quantitative estimate of drug-likeness (QED) is 0.342. The molecule has 0 bridgehead atoms. The van der Waals surface area contributed by atoms with Crippen LogP contribution in [0.3, 0.4) is 0 Å². The highest BCUT2D eigenvalue weighted by Crippen LogP contribution is 2.03. The molecule has 0 aliphatic rings. The summed E-state index contributed by atoms with van der Waals surface area (Å²) in [5, 5.41) is 14.2. The van der Waals surface area contributed by atoms with Crippen molar-refractivity contribution in [2.24, 2.45) is 11.5 Å². The average molecular weight is 340 g/mol. The van der Waals surface area contributed by atoms with Crippen molar-refractivity contribution in [1.82, 2.24) is 19.9 Å². The highest BCUT2D eigenvalue weighted by atomic mass is 32.2. The first kappa shape index (κ1) is 18.1. The van der Waals surface area contributed by atoms with Gasteiger partial charge in [-0.15, -0.1) is 0 Å². The molecule has 0 atom stereocenters. The van der Waals surface area contributed by atoms with Crippen LogP contribution in [-0.4, -0.2) is 41.8 Å². The summed E-state index contributed by atoms with van der Waals surface area (Å²) in [5.41, 5.74) is 12.5. The molecule has 0 fully saturated rings. The third kappa shape index (κ3) is 9.08. The van der Waals surface area contributed by atoms with Crippen LogP contribution in [-0.2, 0) is 12.8 Å². The van der Waals surface area contributed by atoms with E-state index in [1.54, 1.807) is 25.0 Å². The number of hydrogen-bond acceptors (Lipinski definition) is 6. The van der Waals surface area contributed by atoms with E-state index in [1.165, 1.54) is 23.5 Å². The smallest absolute Gasteiger partial charge is 0.151 e. The van der Waals surface area contributed by atoms with E-state index >= 15 is 0 Å². The third-order valence-electron chi connectivity index (χ3n) is 2.37. The van der Waals surface area contributed by atoms with Crippen molar-refractivity contribution >= 4 is 33.9 Å². The lowest BCUT2D eigenvalue weighted by Crippen LogP contribution is -2.05. The van der Waals surface area contributed by atoms with Crippen LogP contribution < -0.4 is 11.5 Å². The minimum atomic E-state index is 0.171. The zero-order chi connectivity index (χ0) is 16.2. The van der Waals surface area contributed by atoms with E-state index in [0.717, 1.165) is 35.7 Å². The molecule has 8 N–H and O–H groups in total. The molecule has 10 heteroatoms. The summed E-state index contributed by atoms with van der Waals surface area (Å²) < 4.78 is 0. The van der Waals surface area contributed by atoms with E-state index in [-0.39, 0.29) is 10.3 Å². The number of aryl methyl sites for hydroxylation is 2. The molecule has 0 aliphatic heterocycles. The van der Waals surface area contributed by atoms with Crippen LogP contribution in [0.1, 0.15) is 11.4 Å². The lowest BCUT2D eigenvalue weighted by Gasteiger charge is -1.95. The van der Waals surface area contributed by atoms with Crippen molar-refractivity contribution in [3.63, 3.8) is 0 Å².